The van der Waals surface area contributed by atoms with Crippen molar-refractivity contribution >= 4 is 11.8 Å². The highest BCUT2D eigenvalue weighted by molar-refractivity contribution is 5.88. The normalized spacial score (nSPS) is 19.3. The van der Waals surface area contributed by atoms with Crippen LogP contribution in [-0.4, -0.2) is 11.0 Å². The van der Waals surface area contributed by atoms with E-state index in [0.717, 1.165) is 29.9 Å². The van der Waals surface area contributed by atoms with Gasteiger partial charge in [0.25, 0.3) is 0 Å². The molecule has 0 saturated heterocycles. The smallest absolute Gasteiger partial charge is 0.320 e. The van der Waals surface area contributed by atoms with Crippen LogP contribution in [0.5, 0.6) is 0 Å². The minimum absolute atomic E-state index is 0.0417. The van der Waals surface area contributed by atoms with E-state index in [1.54, 1.807) is 12.3 Å². The van der Waals surface area contributed by atoms with Crippen molar-refractivity contribution in [1.82, 2.24) is 10.3 Å². The maximum atomic E-state index is 12.2. The molecule has 116 valence electrons. The molecule has 5 heteroatoms. The molecular formula is C17H21N3O2. The third-order valence-corrected chi connectivity index (χ3v) is 3.95. The number of pyridine rings is 1. The first kappa shape index (κ1) is 14.6. The topological polar surface area (TPSA) is 67.2 Å². The zero-order valence-corrected chi connectivity index (χ0v) is 13.1. The fourth-order valence-corrected chi connectivity index (χ4v) is 3.06. The molecule has 1 atom stereocenters. The van der Waals surface area contributed by atoms with Crippen LogP contribution in [0.25, 0.3) is 0 Å². The zero-order valence-electron chi connectivity index (χ0n) is 13.1. The minimum atomic E-state index is -0.244. The van der Waals surface area contributed by atoms with Gasteiger partial charge in [0.05, 0.1) is 6.04 Å². The van der Waals surface area contributed by atoms with Gasteiger partial charge in [0, 0.05) is 18.2 Å². The second kappa shape index (κ2) is 5.48. The number of rotatable bonds is 2. The number of urea groups is 1. The molecule has 1 aliphatic rings. The van der Waals surface area contributed by atoms with Crippen molar-refractivity contribution in [3.63, 3.8) is 0 Å². The Morgan fingerprint density at radius 3 is 2.95 bits per heavy atom. The number of aromatic nitrogens is 1. The van der Waals surface area contributed by atoms with Gasteiger partial charge >= 0.3 is 6.03 Å². The fourth-order valence-electron chi connectivity index (χ4n) is 3.06. The summed E-state index contributed by atoms with van der Waals surface area (Å²) in [4.78, 5) is 16.3. The number of carbonyl (C=O) groups is 1. The molecule has 5 nitrogen and oxygen atoms in total. The van der Waals surface area contributed by atoms with Crippen LogP contribution < -0.4 is 10.6 Å². The van der Waals surface area contributed by atoms with Gasteiger partial charge in [0.15, 0.2) is 0 Å². The lowest BCUT2D eigenvalue weighted by Crippen LogP contribution is -2.38. The molecule has 0 saturated carbocycles. The molecule has 2 aromatic heterocycles. The summed E-state index contributed by atoms with van der Waals surface area (Å²) in [6, 6.07) is 7.15. The first-order valence-electron chi connectivity index (χ1n) is 7.51. The van der Waals surface area contributed by atoms with Crippen molar-refractivity contribution < 1.29 is 9.21 Å². The average molecular weight is 299 g/mol. The SMILES string of the molecule is Cc1cc2c(o1)CC(C)(C)CC2NC(=O)Nc1ccccn1. The van der Waals surface area contributed by atoms with Gasteiger partial charge in [-0.15, -0.1) is 0 Å². The fraction of sp³-hybridized carbons (Fsp3) is 0.412. The predicted octanol–water partition coefficient (Wildman–Crippen LogP) is 3.82. The van der Waals surface area contributed by atoms with Crippen molar-refractivity contribution in [1.29, 1.82) is 0 Å². The summed E-state index contributed by atoms with van der Waals surface area (Å²) in [5.74, 6) is 2.41. The maximum absolute atomic E-state index is 12.2. The number of furan rings is 1. The van der Waals surface area contributed by atoms with Crippen LogP contribution >= 0.6 is 0 Å². The summed E-state index contributed by atoms with van der Waals surface area (Å²) < 4.78 is 5.79. The lowest BCUT2D eigenvalue weighted by Gasteiger charge is -2.34. The standard InChI is InChI=1S/C17H21N3O2/c1-11-8-12-13(9-17(2,3)10-14(12)22-11)19-16(21)20-15-6-4-5-7-18-15/h4-8,13H,9-10H2,1-3H3,(H2,18,19,20,21). The van der Waals surface area contributed by atoms with E-state index in [0.29, 0.717) is 5.82 Å². The Balaban J connectivity index is 1.75. The largest absolute Gasteiger partial charge is 0.466 e. The Labute approximate surface area is 130 Å². The van der Waals surface area contributed by atoms with Crippen LogP contribution in [0.3, 0.4) is 0 Å². The van der Waals surface area contributed by atoms with E-state index in [-0.39, 0.29) is 17.5 Å². The molecule has 3 rings (SSSR count). The van der Waals surface area contributed by atoms with Gasteiger partial charge in [-0.3, -0.25) is 5.32 Å². The highest BCUT2D eigenvalue weighted by atomic mass is 16.3. The molecule has 2 heterocycles. The summed E-state index contributed by atoms with van der Waals surface area (Å²) in [7, 11) is 0. The number of amides is 2. The number of nitrogens with one attached hydrogen (secondary N) is 2. The predicted molar refractivity (Wildman–Crippen MR) is 84.7 cm³/mol. The van der Waals surface area contributed by atoms with E-state index in [1.807, 2.05) is 25.1 Å². The lowest BCUT2D eigenvalue weighted by atomic mass is 9.75. The van der Waals surface area contributed by atoms with Gasteiger partial charge in [-0.2, -0.15) is 0 Å². The van der Waals surface area contributed by atoms with E-state index >= 15 is 0 Å². The number of nitrogens with zero attached hydrogens (tertiary/aromatic N) is 1. The third-order valence-electron chi connectivity index (χ3n) is 3.95. The van der Waals surface area contributed by atoms with Crippen LogP contribution in [0.15, 0.2) is 34.9 Å². The summed E-state index contributed by atoms with van der Waals surface area (Å²) >= 11 is 0. The average Bonchev–Trinajstić information content (AvgIpc) is 2.78. The minimum Gasteiger partial charge on any atom is -0.466 e. The molecular weight excluding hydrogens is 278 g/mol. The lowest BCUT2D eigenvalue weighted by molar-refractivity contribution is 0.222. The van der Waals surface area contributed by atoms with Gasteiger partial charge in [-0.1, -0.05) is 19.9 Å². The second-order valence-corrected chi connectivity index (χ2v) is 6.65. The van der Waals surface area contributed by atoms with Gasteiger partial charge in [-0.25, -0.2) is 9.78 Å². The van der Waals surface area contributed by atoms with Crippen molar-refractivity contribution in [3.8, 4) is 0 Å². The number of aryl methyl sites for hydroxylation is 1. The Hall–Kier alpha value is -2.30. The van der Waals surface area contributed by atoms with Gasteiger partial charge in [-0.05, 0) is 37.0 Å². The van der Waals surface area contributed by atoms with Crippen LogP contribution in [0.2, 0.25) is 0 Å². The highest BCUT2D eigenvalue weighted by Gasteiger charge is 2.35. The van der Waals surface area contributed by atoms with Gasteiger partial charge < -0.3 is 9.73 Å². The molecule has 0 aliphatic heterocycles. The molecule has 0 bridgehead atoms. The Morgan fingerprint density at radius 2 is 2.23 bits per heavy atom. The molecule has 1 unspecified atom stereocenters. The van der Waals surface area contributed by atoms with Gasteiger partial charge in [0.2, 0.25) is 0 Å². The number of carbonyl (C=O) groups excluding carboxylic acids is 1. The summed E-state index contributed by atoms with van der Waals surface area (Å²) in [5, 5.41) is 5.80. The number of hydrogen-bond donors (Lipinski definition) is 2. The van der Waals surface area contributed by atoms with Crippen LogP contribution in [-0.2, 0) is 6.42 Å². The molecule has 22 heavy (non-hydrogen) atoms. The first-order chi connectivity index (χ1) is 10.4. The van der Waals surface area contributed by atoms with Crippen LogP contribution in [0.1, 0.15) is 43.4 Å². The quantitative estimate of drug-likeness (QED) is 0.886. The van der Waals surface area contributed by atoms with Crippen molar-refractivity contribution in [2.45, 2.75) is 39.7 Å². The summed E-state index contributed by atoms with van der Waals surface area (Å²) in [6.45, 7) is 6.33. The van der Waals surface area contributed by atoms with Crippen LogP contribution in [0.4, 0.5) is 10.6 Å². The summed E-state index contributed by atoms with van der Waals surface area (Å²) in [5.41, 5.74) is 1.19. The molecule has 2 N–H and O–H groups in total. The second-order valence-electron chi connectivity index (χ2n) is 6.65. The molecule has 0 fully saturated rings. The molecule has 0 aromatic carbocycles. The van der Waals surface area contributed by atoms with E-state index < -0.39 is 0 Å². The van der Waals surface area contributed by atoms with E-state index in [4.69, 9.17) is 4.42 Å². The van der Waals surface area contributed by atoms with Gasteiger partial charge in [0.1, 0.15) is 17.3 Å². The summed E-state index contributed by atoms with van der Waals surface area (Å²) in [6.07, 6.45) is 3.43. The van der Waals surface area contributed by atoms with Crippen molar-refractivity contribution in [2.24, 2.45) is 5.41 Å². The Bertz CT molecular complexity index is 676. The third kappa shape index (κ3) is 3.13. The van der Waals surface area contributed by atoms with Crippen molar-refractivity contribution in [2.75, 3.05) is 5.32 Å². The number of fused-ring (bicyclic) bond motifs is 1. The highest BCUT2D eigenvalue weighted by Crippen LogP contribution is 2.41. The van der Waals surface area contributed by atoms with E-state index in [9.17, 15) is 4.79 Å². The first-order valence-corrected chi connectivity index (χ1v) is 7.51. The molecule has 0 radical (unpaired) electrons. The molecule has 0 spiro atoms. The molecule has 2 aromatic rings. The van der Waals surface area contributed by atoms with E-state index in [1.165, 1.54) is 0 Å². The number of hydrogen-bond acceptors (Lipinski definition) is 3. The van der Waals surface area contributed by atoms with Crippen LogP contribution in [0, 0.1) is 12.3 Å². The Morgan fingerprint density at radius 1 is 1.41 bits per heavy atom. The Kier molecular flexibility index (Phi) is 3.64. The van der Waals surface area contributed by atoms with Crippen molar-refractivity contribution in [3.05, 3.63) is 47.5 Å². The molecule has 1 aliphatic carbocycles. The molecule has 2 amide bonds. The maximum Gasteiger partial charge on any atom is 0.320 e. The number of anilines is 1. The zero-order chi connectivity index (χ0) is 15.7. The monoisotopic (exact) mass is 299 g/mol. The van der Waals surface area contributed by atoms with E-state index in [2.05, 4.69) is 29.5 Å².